The van der Waals surface area contributed by atoms with Gasteiger partial charge in [-0.2, -0.15) is 0 Å². The van der Waals surface area contributed by atoms with Crippen LogP contribution in [0.1, 0.15) is 20.3 Å². The summed E-state index contributed by atoms with van der Waals surface area (Å²) < 4.78 is 0. The van der Waals surface area contributed by atoms with E-state index in [1.165, 1.54) is 0 Å². The minimum atomic E-state index is -0.706. The Balaban J connectivity index is -0.0000000569. The number of rotatable bonds is 2. The van der Waals surface area contributed by atoms with Crippen molar-refractivity contribution in [1.29, 1.82) is 0 Å². The summed E-state index contributed by atoms with van der Waals surface area (Å²) >= 11 is 0. The number of carboxylic acid groups (broad SMARTS) is 2. The quantitative estimate of drug-likeness (QED) is 0.540. The smallest absolute Gasteiger partial charge is 0.306 e. The molecule has 6 N–H and O–H groups in total. The molecule has 0 fully saturated rings. The van der Waals surface area contributed by atoms with E-state index in [0.29, 0.717) is 0 Å². The first-order valence-electron chi connectivity index (χ1n) is 2.90. The fourth-order valence-corrected chi connectivity index (χ4v) is 0.175. The predicted octanol–water partition coefficient (Wildman–Crippen LogP) is -0.832. The molecule has 0 spiro atoms. The fraction of sp³-hybridized carbons (Fsp3) is 0.667. The normalized spacial score (nSPS) is 8.83. The number of hydrogen-bond acceptors (Lipinski definition) is 2. The van der Waals surface area contributed by atoms with E-state index in [9.17, 15) is 4.79 Å². The second-order valence-electron chi connectivity index (χ2n) is 1.75. The zero-order chi connectivity index (χ0) is 8.57. The van der Waals surface area contributed by atoms with Crippen molar-refractivity contribution >= 4 is 12.4 Å². The Morgan fingerprint density at radius 2 is 1.75 bits per heavy atom. The molecule has 0 radical (unpaired) electrons. The van der Waals surface area contributed by atoms with Crippen molar-refractivity contribution in [2.45, 2.75) is 20.3 Å². The second-order valence-corrected chi connectivity index (χ2v) is 1.75. The summed E-state index contributed by atoms with van der Waals surface area (Å²) in [5, 5.41) is 15.1. The van der Waals surface area contributed by atoms with Crippen molar-refractivity contribution in [2.75, 3.05) is 0 Å². The Kier molecular flexibility index (Phi) is 30.8. The van der Waals surface area contributed by atoms with Crippen LogP contribution < -0.4 is 0 Å². The number of carboxylic acids is 1. The molecule has 6 heteroatoms. The van der Waals surface area contributed by atoms with Gasteiger partial charge in [0, 0.05) is 0 Å². The molecule has 0 rings (SSSR count). The Morgan fingerprint density at radius 3 is 1.75 bits per heavy atom. The summed E-state index contributed by atoms with van der Waals surface area (Å²) in [5.41, 5.74) is 0. The molecule has 0 aliphatic rings. The average molecular weight is 184 g/mol. The summed E-state index contributed by atoms with van der Waals surface area (Å²) in [6, 6.07) is 0. The Morgan fingerprint density at radius 1 is 1.50 bits per heavy atom. The van der Waals surface area contributed by atoms with Gasteiger partial charge in [-0.25, -0.2) is 0 Å². The first-order chi connectivity index (χ1) is 4.59. The van der Waals surface area contributed by atoms with Crippen LogP contribution in [0, 0.1) is 5.92 Å². The van der Waals surface area contributed by atoms with Gasteiger partial charge in [0.25, 0.3) is 6.47 Å². The molecule has 6 nitrogen and oxygen atoms in total. The maximum Gasteiger partial charge on any atom is 0.306 e. The summed E-state index contributed by atoms with van der Waals surface area (Å²) in [5.74, 6) is -0.887. The van der Waals surface area contributed by atoms with E-state index in [0.717, 1.165) is 6.42 Å². The number of carbonyl (C=O) groups is 2. The highest BCUT2D eigenvalue weighted by Gasteiger charge is 2.05. The molecule has 0 saturated heterocycles. The van der Waals surface area contributed by atoms with Crippen molar-refractivity contribution in [3.8, 4) is 0 Å². The molecule has 0 aromatic rings. The zero-order valence-corrected chi connectivity index (χ0v) is 7.07. The van der Waals surface area contributed by atoms with Crippen LogP contribution in [0.25, 0.3) is 0 Å². The van der Waals surface area contributed by atoms with E-state index in [2.05, 4.69) is 0 Å². The topological polar surface area (TPSA) is 138 Å². The first kappa shape index (κ1) is 22.4. The molecule has 1 unspecified atom stereocenters. The van der Waals surface area contributed by atoms with E-state index in [1.807, 2.05) is 6.92 Å². The van der Waals surface area contributed by atoms with Gasteiger partial charge in [-0.05, 0) is 6.42 Å². The van der Waals surface area contributed by atoms with E-state index < -0.39 is 5.97 Å². The molecular weight excluding hydrogens is 168 g/mol. The van der Waals surface area contributed by atoms with Crippen LogP contribution in [0.4, 0.5) is 0 Å². The summed E-state index contributed by atoms with van der Waals surface area (Å²) in [4.78, 5) is 18.3. The predicted molar refractivity (Wildman–Crippen MR) is 43.0 cm³/mol. The molecule has 76 valence electrons. The van der Waals surface area contributed by atoms with Crippen LogP contribution in [-0.2, 0) is 9.59 Å². The fourth-order valence-electron chi connectivity index (χ4n) is 0.175. The van der Waals surface area contributed by atoms with Crippen LogP contribution >= 0.6 is 0 Å². The lowest BCUT2D eigenvalue weighted by molar-refractivity contribution is -0.141. The maximum absolute atomic E-state index is 9.93. The molecule has 0 aromatic heterocycles. The number of hydrogen-bond donors (Lipinski definition) is 2. The molecule has 0 aliphatic heterocycles. The van der Waals surface area contributed by atoms with Crippen LogP contribution in [0.2, 0.25) is 0 Å². The lowest BCUT2D eigenvalue weighted by Crippen LogP contribution is -2.06. The lowest BCUT2D eigenvalue weighted by atomic mass is 10.1. The Bertz CT molecular complexity index is 102. The summed E-state index contributed by atoms with van der Waals surface area (Å²) in [7, 11) is 0. The maximum atomic E-state index is 9.93. The van der Waals surface area contributed by atoms with Crippen molar-refractivity contribution < 1.29 is 30.8 Å². The van der Waals surface area contributed by atoms with Gasteiger partial charge in [-0.15, -0.1) is 0 Å². The van der Waals surface area contributed by atoms with Gasteiger partial charge in [0.1, 0.15) is 0 Å². The average Bonchev–Trinajstić information content (AvgIpc) is 1.88. The third kappa shape index (κ3) is 23.2. The van der Waals surface area contributed by atoms with E-state index in [-0.39, 0.29) is 23.3 Å². The van der Waals surface area contributed by atoms with Crippen LogP contribution in [0.3, 0.4) is 0 Å². The van der Waals surface area contributed by atoms with Crippen molar-refractivity contribution in [1.82, 2.24) is 0 Å². The summed E-state index contributed by atoms with van der Waals surface area (Å²) in [6.07, 6.45) is 0.718. The molecule has 0 amide bonds. The zero-order valence-electron chi connectivity index (χ0n) is 7.07. The highest BCUT2D eigenvalue weighted by molar-refractivity contribution is 5.69. The van der Waals surface area contributed by atoms with Crippen molar-refractivity contribution in [3.05, 3.63) is 0 Å². The molecule has 0 aliphatic carbocycles. The van der Waals surface area contributed by atoms with E-state index >= 15 is 0 Å². The molecule has 1 atom stereocenters. The van der Waals surface area contributed by atoms with Gasteiger partial charge in [-0.3, -0.25) is 9.59 Å². The molecule has 12 heavy (non-hydrogen) atoms. The van der Waals surface area contributed by atoms with Gasteiger partial charge in [0.15, 0.2) is 0 Å². The largest absolute Gasteiger partial charge is 0.483 e. The van der Waals surface area contributed by atoms with Gasteiger partial charge in [0.05, 0.1) is 5.92 Å². The minimum Gasteiger partial charge on any atom is -0.483 e. The van der Waals surface area contributed by atoms with Gasteiger partial charge in [0.2, 0.25) is 0 Å². The van der Waals surface area contributed by atoms with Gasteiger partial charge >= 0.3 is 5.97 Å². The van der Waals surface area contributed by atoms with Crippen LogP contribution in [0.5, 0.6) is 0 Å². The first-order valence-corrected chi connectivity index (χ1v) is 2.90. The highest BCUT2D eigenvalue weighted by atomic mass is 16.4. The third-order valence-corrected chi connectivity index (χ3v) is 1.03. The van der Waals surface area contributed by atoms with E-state index in [4.69, 9.17) is 15.0 Å². The third-order valence-electron chi connectivity index (χ3n) is 1.03. The summed E-state index contributed by atoms with van der Waals surface area (Å²) in [6.45, 7) is 3.31. The lowest BCUT2D eigenvalue weighted by Gasteiger charge is -1.96. The van der Waals surface area contributed by atoms with E-state index in [1.54, 1.807) is 6.92 Å². The van der Waals surface area contributed by atoms with Crippen LogP contribution in [0.15, 0.2) is 0 Å². The van der Waals surface area contributed by atoms with Gasteiger partial charge < -0.3 is 21.2 Å². The monoisotopic (exact) mass is 184 g/mol. The Labute approximate surface area is 70.4 Å². The molecule has 0 bridgehead atoms. The SMILES string of the molecule is CCC(C)C(=O)O.O.O.O=CO. The van der Waals surface area contributed by atoms with Crippen LogP contribution in [-0.4, -0.2) is 33.6 Å². The second kappa shape index (κ2) is 16.4. The van der Waals surface area contributed by atoms with Crippen molar-refractivity contribution in [3.63, 3.8) is 0 Å². The Hall–Kier alpha value is -1.14. The molecule has 0 heterocycles. The minimum absolute atomic E-state index is 0. The molecule has 0 saturated carbocycles. The molecule has 0 aromatic carbocycles. The van der Waals surface area contributed by atoms with Crippen molar-refractivity contribution in [2.24, 2.45) is 5.92 Å². The number of aliphatic carboxylic acids is 1. The van der Waals surface area contributed by atoms with Gasteiger partial charge in [-0.1, -0.05) is 13.8 Å². The standard InChI is InChI=1S/C5H10O2.CH2O2.2H2O/c1-3-4(2)5(6)7;2-1-3;;/h4H,3H2,1-2H3,(H,6,7);1H,(H,2,3);2*1H2. The molecular formula is C6H16O6. The highest BCUT2D eigenvalue weighted by Crippen LogP contribution is 1.97.